The average Bonchev–Trinajstić information content (AvgIpc) is 2.83. The van der Waals surface area contributed by atoms with E-state index in [0.29, 0.717) is 18.2 Å². The molecule has 0 radical (unpaired) electrons. The Labute approximate surface area is 110 Å². The highest BCUT2D eigenvalue weighted by Gasteiger charge is 2.23. The molecule has 0 bridgehead atoms. The minimum atomic E-state index is -0.580. The number of benzene rings is 1. The van der Waals surface area contributed by atoms with Crippen molar-refractivity contribution in [3.8, 4) is 0 Å². The summed E-state index contributed by atoms with van der Waals surface area (Å²) in [5.74, 6) is -0.577. The summed E-state index contributed by atoms with van der Waals surface area (Å²) < 4.78 is 18.5. The Bertz CT molecular complexity index is 467. The van der Waals surface area contributed by atoms with Gasteiger partial charge in [-0.1, -0.05) is 0 Å². The zero-order valence-electron chi connectivity index (χ0n) is 10.8. The van der Waals surface area contributed by atoms with Crippen molar-refractivity contribution in [1.82, 2.24) is 5.32 Å². The van der Waals surface area contributed by atoms with Crippen molar-refractivity contribution in [2.24, 2.45) is 0 Å². The molecule has 1 fully saturated rings. The molecular formula is C13H17FN2O3. The van der Waals surface area contributed by atoms with Crippen LogP contribution in [-0.4, -0.2) is 24.2 Å². The molecular weight excluding hydrogens is 251 g/mol. The van der Waals surface area contributed by atoms with Crippen LogP contribution in [0.5, 0.6) is 0 Å². The Balaban J connectivity index is 1.94. The van der Waals surface area contributed by atoms with Gasteiger partial charge < -0.3 is 10.1 Å². The van der Waals surface area contributed by atoms with E-state index in [2.05, 4.69) is 5.32 Å². The van der Waals surface area contributed by atoms with E-state index >= 15 is 0 Å². The summed E-state index contributed by atoms with van der Waals surface area (Å²) in [6, 6.07) is 3.98. The molecule has 0 spiro atoms. The van der Waals surface area contributed by atoms with E-state index in [1.54, 1.807) is 7.11 Å². The second-order valence-corrected chi connectivity index (χ2v) is 4.82. The Morgan fingerprint density at radius 3 is 2.89 bits per heavy atom. The number of hydrogen-bond acceptors (Lipinski definition) is 4. The number of rotatable bonds is 5. The van der Waals surface area contributed by atoms with Gasteiger partial charge in [-0.05, 0) is 30.9 Å². The first-order valence-corrected chi connectivity index (χ1v) is 6.28. The number of halogens is 1. The van der Waals surface area contributed by atoms with Gasteiger partial charge in [-0.2, -0.15) is 0 Å². The average molecular weight is 268 g/mol. The molecule has 2 atom stereocenters. The van der Waals surface area contributed by atoms with Crippen LogP contribution in [0.2, 0.25) is 0 Å². The van der Waals surface area contributed by atoms with E-state index in [-0.39, 0.29) is 11.8 Å². The Morgan fingerprint density at radius 1 is 1.47 bits per heavy atom. The van der Waals surface area contributed by atoms with Crippen LogP contribution in [0, 0.1) is 15.9 Å². The van der Waals surface area contributed by atoms with Gasteiger partial charge in [-0.3, -0.25) is 10.1 Å². The van der Waals surface area contributed by atoms with Crippen molar-refractivity contribution < 1.29 is 14.1 Å². The van der Waals surface area contributed by atoms with Crippen LogP contribution in [0.15, 0.2) is 18.2 Å². The van der Waals surface area contributed by atoms with Crippen molar-refractivity contribution in [2.45, 2.75) is 38.0 Å². The highest BCUT2D eigenvalue weighted by atomic mass is 19.1. The summed E-state index contributed by atoms with van der Waals surface area (Å²) >= 11 is 0. The maximum Gasteiger partial charge on any atom is 0.272 e. The molecule has 1 aromatic carbocycles. The molecule has 5 nitrogen and oxygen atoms in total. The zero-order chi connectivity index (χ0) is 13.8. The quantitative estimate of drug-likeness (QED) is 0.658. The fraction of sp³-hybridized carbons (Fsp3) is 0.538. The van der Waals surface area contributed by atoms with Gasteiger partial charge >= 0.3 is 0 Å². The van der Waals surface area contributed by atoms with Crippen LogP contribution >= 0.6 is 0 Å². The molecule has 2 unspecified atom stereocenters. The Hall–Kier alpha value is -1.53. The predicted molar refractivity (Wildman–Crippen MR) is 68.3 cm³/mol. The molecule has 0 amide bonds. The second kappa shape index (κ2) is 6.08. The lowest BCUT2D eigenvalue weighted by Crippen LogP contribution is -2.26. The number of ether oxygens (including phenoxy) is 1. The van der Waals surface area contributed by atoms with Gasteiger partial charge in [-0.25, -0.2) is 4.39 Å². The molecule has 1 aliphatic carbocycles. The summed E-state index contributed by atoms with van der Waals surface area (Å²) in [5, 5.41) is 13.9. The lowest BCUT2D eigenvalue weighted by Gasteiger charge is -2.12. The third-order valence-electron chi connectivity index (χ3n) is 3.47. The topological polar surface area (TPSA) is 64.4 Å². The van der Waals surface area contributed by atoms with Crippen molar-refractivity contribution in [3.63, 3.8) is 0 Å². The first-order chi connectivity index (χ1) is 9.08. The molecule has 104 valence electrons. The van der Waals surface area contributed by atoms with E-state index in [9.17, 15) is 14.5 Å². The van der Waals surface area contributed by atoms with Crippen molar-refractivity contribution in [1.29, 1.82) is 0 Å². The van der Waals surface area contributed by atoms with E-state index in [1.807, 2.05) is 0 Å². The maximum absolute atomic E-state index is 13.3. The summed E-state index contributed by atoms with van der Waals surface area (Å²) in [6.45, 7) is 0.430. The number of non-ortho nitro benzene ring substituents is 1. The van der Waals surface area contributed by atoms with Gasteiger partial charge in [0.1, 0.15) is 5.82 Å². The van der Waals surface area contributed by atoms with Crippen LogP contribution in [0.3, 0.4) is 0 Å². The molecule has 1 saturated carbocycles. The molecule has 1 N–H and O–H groups in total. The van der Waals surface area contributed by atoms with Crippen LogP contribution in [0.25, 0.3) is 0 Å². The standard InChI is InChI=1S/C13H17FN2O3/c1-19-13-3-2-11(7-13)15-8-9-4-10(14)6-12(5-9)16(17)18/h4-6,11,13,15H,2-3,7-8H2,1H3. The minimum absolute atomic E-state index is 0.210. The molecule has 19 heavy (non-hydrogen) atoms. The molecule has 0 aromatic heterocycles. The molecule has 2 rings (SSSR count). The van der Waals surface area contributed by atoms with Crippen LogP contribution in [0.1, 0.15) is 24.8 Å². The third kappa shape index (κ3) is 3.71. The van der Waals surface area contributed by atoms with Gasteiger partial charge in [0.2, 0.25) is 0 Å². The smallest absolute Gasteiger partial charge is 0.272 e. The normalized spacial score (nSPS) is 22.6. The number of hydrogen-bond donors (Lipinski definition) is 1. The van der Waals surface area contributed by atoms with Crippen LogP contribution in [0.4, 0.5) is 10.1 Å². The molecule has 0 heterocycles. The van der Waals surface area contributed by atoms with E-state index < -0.39 is 10.7 Å². The number of nitro groups is 1. The Morgan fingerprint density at radius 2 is 2.26 bits per heavy atom. The van der Waals surface area contributed by atoms with Gasteiger partial charge in [0.05, 0.1) is 17.1 Å². The predicted octanol–water partition coefficient (Wildman–Crippen LogP) is 2.39. The molecule has 0 saturated heterocycles. The summed E-state index contributed by atoms with van der Waals surface area (Å²) in [7, 11) is 1.70. The largest absolute Gasteiger partial charge is 0.381 e. The number of nitrogens with zero attached hydrogens (tertiary/aromatic N) is 1. The van der Waals surface area contributed by atoms with Gasteiger partial charge in [0.15, 0.2) is 0 Å². The number of nitrogens with one attached hydrogen (secondary N) is 1. The Kier molecular flexibility index (Phi) is 4.44. The maximum atomic E-state index is 13.3. The van der Waals surface area contributed by atoms with Crippen molar-refractivity contribution >= 4 is 5.69 Å². The van der Waals surface area contributed by atoms with E-state index in [4.69, 9.17) is 4.74 Å². The first kappa shape index (κ1) is 13.9. The summed E-state index contributed by atoms with van der Waals surface area (Å²) in [4.78, 5) is 10.1. The molecule has 1 aromatic rings. The van der Waals surface area contributed by atoms with Crippen molar-refractivity contribution in [3.05, 3.63) is 39.7 Å². The lowest BCUT2D eigenvalue weighted by atomic mass is 10.1. The number of nitro benzene ring substituents is 1. The second-order valence-electron chi connectivity index (χ2n) is 4.82. The zero-order valence-corrected chi connectivity index (χ0v) is 10.8. The van der Waals surface area contributed by atoms with Gasteiger partial charge in [-0.15, -0.1) is 0 Å². The highest BCUT2D eigenvalue weighted by molar-refractivity contribution is 5.35. The summed E-state index contributed by atoms with van der Waals surface area (Å²) in [6.07, 6.45) is 3.22. The van der Waals surface area contributed by atoms with Gasteiger partial charge in [0.25, 0.3) is 5.69 Å². The molecule has 6 heteroatoms. The van der Waals surface area contributed by atoms with E-state index in [0.717, 1.165) is 25.3 Å². The van der Waals surface area contributed by atoms with Crippen LogP contribution in [-0.2, 0) is 11.3 Å². The fourth-order valence-electron chi connectivity index (χ4n) is 2.44. The lowest BCUT2D eigenvalue weighted by molar-refractivity contribution is -0.385. The highest BCUT2D eigenvalue weighted by Crippen LogP contribution is 2.22. The fourth-order valence-corrected chi connectivity index (χ4v) is 2.44. The minimum Gasteiger partial charge on any atom is -0.381 e. The molecule has 1 aliphatic rings. The van der Waals surface area contributed by atoms with Crippen molar-refractivity contribution in [2.75, 3.05) is 7.11 Å². The third-order valence-corrected chi connectivity index (χ3v) is 3.47. The first-order valence-electron chi connectivity index (χ1n) is 6.28. The van der Waals surface area contributed by atoms with Crippen LogP contribution < -0.4 is 5.32 Å². The summed E-state index contributed by atoms with van der Waals surface area (Å²) in [5.41, 5.74) is 0.380. The number of methoxy groups -OCH3 is 1. The van der Waals surface area contributed by atoms with E-state index in [1.165, 1.54) is 12.1 Å². The monoisotopic (exact) mass is 268 g/mol. The van der Waals surface area contributed by atoms with Gasteiger partial charge in [0, 0.05) is 25.8 Å². The molecule has 0 aliphatic heterocycles. The SMILES string of the molecule is COC1CCC(NCc2cc(F)cc([N+](=O)[O-])c2)C1.